The molecule has 1 aliphatic carbocycles. The molecule has 2 fully saturated rings. The van der Waals surface area contributed by atoms with E-state index in [1.54, 1.807) is 0 Å². The number of thioether (sulfide) groups is 1. The van der Waals surface area contributed by atoms with E-state index in [-0.39, 0.29) is 0 Å². The lowest BCUT2D eigenvalue weighted by atomic mass is 9.83. The van der Waals surface area contributed by atoms with Crippen LogP contribution in [-0.2, 0) is 0 Å². The van der Waals surface area contributed by atoms with Crippen molar-refractivity contribution in [2.75, 3.05) is 18.1 Å². The molecule has 1 nitrogen and oxygen atoms in total. The molecule has 0 spiro atoms. The highest BCUT2D eigenvalue weighted by molar-refractivity contribution is 7.99. The lowest BCUT2D eigenvalue weighted by molar-refractivity contribution is 0.256. The van der Waals surface area contributed by atoms with Gasteiger partial charge in [0.1, 0.15) is 0 Å². The minimum atomic E-state index is 0.669. The monoisotopic (exact) mass is 227 g/mol. The smallest absolute Gasteiger partial charge is 0.0158 e. The second kappa shape index (κ2) is 5.58. The van der Waals surface area contributed by atoms with Gasteiger partial charge < -0.3 is 5.32 Å². The summed E-state index contributed by atoms with van der Waals surface area (Å²) in [6.07, 6.45) is 10.1. The van der Waals surface area contributed by atoms with Crippen LogP contribution in [0.4, 0.5) is 0 Å². The Hall–Kier alpha value is 0.310. The van der Waals surface area contributed by atoms with Crippen LogP contribution < -0.4 is 5.32 Å². The van der Waals surface area contributed by atoms with Gasteiger partial charge in [-0.25, -0.2) is 0 Å². The zero-order valence-corrected chi connectivity index (χ0v) is 10.9. The summed E-state index contributed by atoms with van der Waals surface area (Å²) in [5.41, 5.74) is 0.669. The van der Waals surface area contributed by atoms with E-state index in [9.17, 15) is 0 Å². The number of hydrogen-bond donors (Lipinski definition) is 1. The molecule has 1 heterocycles. The maximum Gasteiger partial charge on any atom is 0.0158 e. The first kappa shape index (κ1) is 11.8. The molecule has 0 aromatic heterocycles. The topological polar surface area (TPSA) is 12.0 Å². The van der Waals surface area contributed by atoms with Crippen molar-refractivity contribution in [3.8, 4) is 0 Å². The summed E-state index contributed by atoms with van der Waals surface area (Å²) in [6, 6.07) is 0.813. The van der Waals surface area contributed by atoms with Crippen LogP contribution in [0.2, 0.25) is 0 Å². The molecule has 15 heavy (non-hydrogen) atoms. The highest BCUT2D eigenvalue weighted by Crippen LogP contribution is 2.40. The van der Waals surface area contributed by atoms with Crippen LogP contribution in [-0.4, -0.2) is 24.1 Å². The molecule has 1 atom stereocenters. The highest BCUT2D eigenvalue weighted by Gasteiger charge is 2.32. The fraction of sp³-hybridized carbons (Fsp3) is 1.00. The average molecular weight is 227 g/mol. The van der Waals surface area contributed by atoms with Crippen molar-refractivity contribution in [3.05, 3.63) is 0 Å². The normalized spacial score (nSPS) is 30.6. The third kappa shape index (κ3) is 3.13. The summed E-state index contributed by atoms with van der Waals surface area (Å²) in [6.45, 7) is 3.66. The minimum absolute atomic E-state index is 0.669. The van der Waals surface area contributed by atoms with Crippen molar-refractivity contribution >= 4 is 11.8 Å². The molecular formula is C13H25NS. The maximum absolute atomic E-state index is 3.83. The second-order valence-corrected chi connectivity index (χ2v) is 6.51. The standard InChI is InChI=1S/C13H25NS/c1-2-13(7-3-4-8-13)11-14-12-6-5-9-15-10-12/h12,14H,2-11H2,1H3. The molecule has 1 saturated heterocycles. The third-order valence-electron chi connectivity index (χ3n) is 4.34. The van der Waals surface area contributed by atoms with Crippen LogP contribution in [0.3, 0.4) is 0 Å². The van der Waals surface area contributed by atoms with Crippen LogP contribution in [0.25, 0.3) is 0 Å². The maximum atomic E-state index is 3.83. The molecule has 2 heteroatoms. The van der Waals surface area contributed by atoms with Gasteiger partial charge in [-0.1, -0.05) is 19.8 Å². The van der Waals surface area contributed by atoms with Crippen LogP contribution in [0.5, 0.6) is 0 Å². The third-order valence-corrected chi connectivity index (χ3v) is 5.56. The SMILES string of the molecule is CCC1(CNC2CCCSC2)CCCC1. The molecule has 0 bridgehead atoms. The molecule has 2 aliphatic rings. The number of hydrogen-bond acceptors (Lipinski definition) is 2. The molecular weight excluding hydrogens is 202 g/mol. The first-order valence-corrected chi connectivity index (χ1v) is 7.81. The van der Waals surface area contributed by atoms with Crippen LogP contribution in [0, 0.1) is 5.41 Å². The summed E-state index contributed by atoms with van der Waals surface area (Å²) in [5.74, 6) is 2.73. The molecule has 2 rings (SSSR count). The van der Waals surface area contributed by atoms with E-state index < -0.39 is 0 Å². The molecule has 1 aliphatic heterocycles. The quantitative estimate of drug-likeness (QED) is 0.789. The molecule has 88 valence electrons. The van der Waals surface area contributed by atoms with Gasteiger partial charge in [-0.3, -0.25) is 0 Å². The van der Waals surface area contributed by atoms with Gasteiger partial charge in [0.05, 0.1) is 0 Å². The van der Waals surface area contributed by atoms with Gasteiger partial charge in [0.15, 0.2) is 0 Å². The Morgan fingerprint density at radius 2 is 2.07 bits per heavy atom. The van der Waals surface area contributed by atoms with E-state index >= 15 is 0 Å². The van der Waals surface area contributed by atoms with Crippen molar-refractivity contribution in [2.45, 2.75) is 57.9 Å². The Morgan fingerprint density at radius 1 is 1.27 bits per heavy atom. The van der Waals surface area contributed by atoms with Gasteiger partial charge in [-0.05, 0) is 43.3 Å². The Morgan fingerprint density at radius 3 is 2.67 bits per heavy atom. The predicted molar refractivity (Wildman–Crippen MR) is 69.5 cm³/mol. The molecule has 0 radical (unpaired) electrons. The van der Waals surface area contributed by atoms with Crippen LogP contribution >= 0.6 is 11.8 Å². The first-order chi connectivity index (χ1) is 7.35. The van der Waals surface area contributed by atoms with E-state index in [1.165, 1.54) is 63.0 Å². The second-order valence-electron chi connectivity index (χ2n) is 5.36. The molecule has 1 saturated carbocycles. The van der Waals surface area contributed by atoms with Crippen LogP contribution in [0.1, 0.15) is 51.9 Å². The Labute approximate surface area is 98.8 Å². The van der Waals surface area contributed by atoms with Crippen molar-refractivity contribution in [3.63, 3.8) is 0 Å². The van der Waals surface area contributed by atoms with E-state index in [1.807, 2.05) is 0 Å². The summed E-state index contributed by atoms with van der Waals surface area (Å²) >= 11 is 2.13. The van der Waals surface area contributed by atoms with Crippen molar-refractivity contribution in [1.29, 1.82) is 0 Å². The Bertz CT molecular complexity index is 181. The van der Waals surface area contributed by atoms with Gasteiger partial charge in [0.25, 0.3) is 0 Å². The lowest BCUT2D eigenvalue weighted by Gasteiger charge is -2.32. The minimum Gasteiger partial charge on any atom is -0.313 e. The highest BCUT2D eigenvalue weighted by atomic mass is 32.2. The van der Waals surface area contributed by atoms with Crippen molar-refractivity contribution in [1.82, 2.24) is 5.32 Å². The van der Waals surface area contributed by atoms with Gasteiger partial charge in [0, 0.05) is 18.3 Å². The lowest BCUT2D eigenvalue weighted by Crippen LogP contribution is -2.40. The molecule has 0 aromatic rings. The molecule has 0 aromatic carbocycles. The number of rotatable bonds is 4. The first-order valence-electron chi connectivity index (χ1n) is 6.66. The fourth-order valence-electron chi connectivity index (χ4n) is 3.04. The van der Waals surface area contributed by atoms with Gasteiger partial charge >= 0.3 is 0 Å². The largest absolute Gasteiger partial charge is 0.313 e. The fourth-order valence-corrected chi connectivity index (χ4v) is 4.15. The predicted octanol–water partition coefficient (Wildman–Crippen LogP) is 3.44. The van der Waals surface area contributed by atoms with Crippen molar-refractivity contribution < 1.29 is 0 Å². The van der Waals surface area contributed by atoms with E-state index in [0.29, 0.717) is 5.41 Å². The van der Waals surface area contributed by atoms with E-state index in [0.717, 1.165) is 6.04 Å². The van der Waals surface area contributed by atoms with Crippen molar-refractivity contribution in [2.24, 2.45) is 5.41 Å². The summed E-state index contributed by atoms with van der Waals surface area (Å²) < 4.78 is 0. The zero-order valence-electron chi connectivity index (χ0n) is 10.1. The molecule has 1 unspecified atom stereocenters. The van der Waals surface area contributed by atoms with Gasteiger partial charge in [0.2, 0.25) is 0 Å². The summed E-state index contributed by atoms with van der Waals surface area (Å²) in [5, 5.41) is 3.83. The Kier molecular flexibility index (Phi) is 4.39. The number of nitrogens with one attached hydrogen (secondary N) is 1. The van der Waals surface area contributed by atoms with E-state index in [4.69, 9.17) is 0 Å². The molecule has 0 amide bonds. The van der Waals surface area contributed by atoms with Gasteiger partial charge in [-0.15, -0.1) is 0 Å². The molecule has 1 N–H and O–H groups in total. The zero-order chi connectivity index (χ0) is 10.6. The Balaban J connectivity index is 1.75. The summed E-state index contributed by atoms with van der Waals surface area (Å²) in [4.78, 5) is 0. The van der Waals surface area contributed by atoms with Gasteiger partial charge in [-0.2, -0.15) is 11.8 Å². The van der Waals surface area contributed by atoms with Crippen LogP contribution in [0.15, 0.2) is 0 Å². The van der Waals surface area contributed by atoms with E-state index in [2.05, 4.69) is 24.0 Å². The average Bonchev–Trinajstić information content (AvgIpc) is 2.77. The summed E-state index contributed by atoms with van der Waals surface area (Å²) in [7, 11) is 0.